The van der Waals surface area contributed by atoms with Crippen molar-refractivity contribution in [1.29, 1.82) is 0 Å². The van der Waals surface area contributed by atoms with E-state index in [1.54, 1.807) is 5.57 Å². The molecule has 5 aromatic carbocycles. The maximum atomic E-state index is 2.41. The van der Waals surface area contributed by atoms with Crippen LogP contribution in [0.2, 0.25) is 0 Å². The third-order valence-corrected chi connectivity index (χ3v) is 8.17. The van der Waals surface area contributed by atoms with Gasteiger partial charge >= 0.3 is 18.9 Å². The van der Waals surface area contributed by atoms with Crippen LogP contribution in [0.15, 0.2) is 90.5 Å². The van der Waals surface area contributed by atoms with Crippen LogP contribution in [0.3, 0.4) is 0 Å². The van der Waals surface area contributed by atoms with Gasteiger partial charge in [-0.2, -0.15) is 6.07 Å². The third-order valence-electron chi connectivity index (χ3n) is 8.17. The van der Waals surface area contributed by atoms with E-state index in [0.29, 0.717) is 11.8 Å². The Morgan fingerprint density at radius 1 is 0.610 bits per heavy atom. The van der Waals surface area contributed by atoms with E-state index in [0.717, 1.165) is 6.42 Å². The van der Waals surface area contributed by atoms with Gasteiger partial charge < -0.3 is 0 Å². The first-order chi connectivity index (χ1) is 19.1. The Kier molecular flexibility index (Phi) is 9.59. The van der Waals surface area contributed by atoms with E-state index in [4.69, 9.17) is 0 Å². The molecule has 0 fully saturated rings. The SMILES string of the molecule is Cc1cc(C)cc(-c2cccc3[cH-]c(C(C)C)cc23)c1.Cc1cc(C)cc(-c2cccc3c2C=C(C(C)C)C3)c1.[Li+]. The van der Waals surface area contributed by atoms with Crippen LogP contribution < -0.4 is 18.9 Å². The molecule has 41 heavy (non-hydrogen) atoms. The molecule has 6 rings (SSSR count). The summed E-state index contributed by atoms with van der Waals surface area (Å²) in [7, 11) is 0. The van der Waals surface area contributed by atoms with Crippen molar-refractivity contribution in [3.8, 4) is 22.3 Å². The zero-order chi connectivity index (χ0) is 28.6. The predicted molar refractivity (Wildman–Crippen MR) is 176 cm³/mol. The summed E-state index contributed by atoms with van der Waals surface area (Å²) < 4.78 is 0. The van der Waals surface area contributed by atoms with Gasteiger partial charge in [-0.25, -0.2) is 0 Å². The van der Waals surface area contributed by atoms with Crippen molar-refractivity contribution in [2.24, 2.45) is 5.92 Å². The Hall–Kier alpha value is -3.17. The van der Waals surface area contributed by atoms with Crippen LogP contribution in [0, 0.1) is 33.6 Å². The van der Waals surface area contributed by atoms with Crippen molar-refractivity contribution in [2.45, 2.75) is 67.7 Å². The summed E-state index contributed by atoms with van der Waals surface area (Å²) in [6.45, 7) is 17.8. The average molecular weight is 531 g/mol. The molecule has 1 heteroatoms. The Balaban J connectivity index is 0.000000184. The molecule has 0 nitrogen and oxygen atoms in total. The van der Waals surface area contributed by atoms with Gasteiger partial charge in [-0.05, 0) is 73.8 Å². The van der Waals surface area contributed by atoms with Crippen LogP contribution in [-0.2, 0) is 6.42 Å². The number of allylic oxidation sites excluding steroid dienone is 1. The largest absolute Gasteiger partial charge is 1.00 e. The Morgan fingerprint density at radius 2 is 1.15 bits per heavy atom. The maximum Gasteiger partial charge on any atom is 1.00 e. The smallest absolute Gasteiger partial charge is 0.164 e. The standard InChI is InChI=1S/C20H22.C20H21.Li/c2*1-13(2)17-11-16-6-5-7-19(20(16)12-17)18-9-14(3)8-15(4)10-18;/h5-10,12-13H,11H2,1-4H3;5-13H,1-4H3;/q;-1;+1. The molecule has 0 aliphatic heterocycles. The van der Waals surface area contributed by atoms with E-state index >= 15 is 0 Å². The molecular weight excluding hydrogens is 487 g/mol. The van der Waals surface area contributed by atoms with Crippen molar-refractivity contribution in [1.82, 2.24) is 0 Å². The fourth-order valence-electron chi connectivity index (χ4n) is 6.12. The molecule has 0 heterocycles. The third kappa shape index (κ3) is 6.84. The minimum atomic E-state index is 0. The molecule has 1 aliphatic rings. The van der Waals surface area contributed by atoms with Gasteiger partial charge in [0.2, 0.25) is 0 Å². The predicted octanol–water partition coefficient (Wildman–Crippen LogP) is 8.54. The van der Waals surface area contributed by atoms with Crippen molar-refractivity contribution in [3.05, 3.63) is 129 Å². The van der Waals surface area contributed by atoms with E-state index in [9.17, 15) is 0 Å². The van der Waals surface area contributed by atoms with Crippen LogP contribution >= 0.6 is 0 Å². The number of rotatable bonds is 4. The van der Waals surface area contributed by atoms with Crippen LogP contribution in [0.4, 0.5) is 0 Å². The molecule has 204 valence electrons. The van der Waals surface area contributed by atoms with E-state index in [1.807, 2.05) is 0 Å². The first-order valence-electron chi connectivity index (χ1n) is 14.8. The fourth-order valence-corrected chi connectivity index (χ4v) is 6.12. The molecule has 5 aromatic rings. The molecular formula is C40H43Li. The monoisotopic (exact) mass is 530 g/mol. The van der Waals surface area contributed by atoms with Crippen LogP contribution in [0.25, 0.3) is 39.1 Å². The molecule has 0 N–H and O–H groups in total. The van der Waals surface area contributed by atoms with E-state index in [2.05, 4.69) is 146 Å². The summed E-state index contributed by atoms with van der Waals surface area (Å²) in [5.41, 5.74) is 16.6. The Morgan fingerprint density at radius 3 is 1.71 bits per heavy atom. The first kappa shape index (κ1) is 30.8. The Bertz CT molecular complexity index is 1670. The average Bonchev–Trinajstić information content (AvgIpc) is 3.53. The number of hydrogen-bond acceptors (Lipinski definition) is 0. The summed E-state index contributed by atoms with van der Waals surface area (Å²) in [4.78, 5) is 0. The van der Waals surface area contributed by atoms with Gasteiger partial charge in [0.1, 0.15) is 0 Å². The van der Waals surface area contributed by atoms with E-state index in [-0.39, 0.29) is 18.9 Å². The van der Waals surface area contributed by atoms with Crippen LogP contribution in [0.5, 0.6) is 0 Å². The molecule has 0 atom stereocenters. The van der Waals surface area contributed by atoms with Crippen molar-refractivity contribution >= 4 is 16.8 Å². The minimum absolute atomic E-state index is 0. The van der Waals surface area contributed by atoms with Gasteiger partial charge in [0.05, 0.1) is 0 Å². The second kappa shape index (κ2) is 12.8. The van der Waals surface area contributed by atoms with Gasteiger partial charge in [-0.3, -0.25) is 0 Å². The fraction of sp³-hybridized carbons (Fsp3) is 0.275. The number of fused-ring (bicyclic) bond motifs is 2. The number of hydrogen-bond donors (Lipinski definition) is 0. The summed E-state index contributed by atoms with van der Waals surface area (Å²) in [5, 5.41) is 2.73. The minimum Gasteiger partial charge on any atom is -0.164 e. The normalized spacial score (nSPS) is 12.2. The van der Waals surface area contributed by atoms with Gasteiger partial charge in [-0.15, -0.1) is 34.5 Å². The summed E-state index contributed by atoms with van der Waals surface area (Å²) in [6.07, 6.45) is 3.53. The van der Waals surface area contributed by atoms with Gasteiger partial charge in [0.15, 0.2) is 0 Å². The molecule has 0 unspecified atom stereocenters. The van der Waals surface area contributed by atoms with Gasteiger partial charge in [0.25, 0.3) is 0 Å². The molecule has 0 amide bonds. The number of benzene rings is 4. The maximum absolute atomic E-state index is 2.41. The summed E-state index contributed by atoms with van der Waals surface area (Å²) in [5.74, 6) is 1.21. The topological polar surface area (TPSA) is 0 Å². The summed E-state index contributed by atoms with van der Waals surface area (Å²) >= 11 is 0. The van der Waals surface area contributed by atoms with Crippen LogP contribution in [0.1, 0.15) is 72.6 Å². The quantitative estimate of drug-likeness (QED) is 0.161. The van der Waals surface area contributed by atoms with Crippen molar-refractivity contribution in [3.63, 3.8) is 0 Å². The molecule has 0 spiro atoms. The molecule has 1 aliphatic carbocycles. The number of aryl methyl sites for hydroxylation is 4. The second-order valence-electron chi connectivity index (χ2n) is 12.4. The molecule has 0 bridgehead atoms. The van der Waals surface area contributed by atoms with Gasteiger partial charge in [-0.1, -0.05) is 128 Å². The second-order valence-corrected chi connectivity index (χ2v) is 12.4. The first-order valence-corrected chi connectivity index (χ1v) is 14.8. The van der Waals surface area contributed by atoms with Gasteiger partial charge in [0, 0.05) is 0 Å². The zero-order valence-corrected chi connectivity index (χ0v) is 26.5. The van der Waals surface area contributed by atoms with E-state index in [1.165, 1.54) is 72.0 Å². The molecule has 0 saturated carbocycles. The summed E-state index contributed by atoms with van der Waals surface area (Å²) in [6, 6.07) is 31.6. The van der Waals surface area contributed by atoms with Crippen molar-refractivity contribution < 1.29 is 18.9 Å². The van der Waals surface area contributed by atoms with Crippen molar-refractivity contribution in [2.75, 3.05) is 0 Å². The Labute approximate surface area is 260 Å². The molecule has 0 saturated heterocycles. The van der Waals surface area contributed by atoms with E-state index < -0.39 is 0 Å². The molecule has 0 aromatic heterocycles. The zero-order valence-electron chi connectivity index (χ0n) is 26.5. The van der Waals surface area contributed by atoms with Crippen LogP contribution in [-0.4, -0.2) is 0 Å². The molecule has 0 radical (unpaired) electrons.